The molecule has 0 unspecified atom stereocenters. The van der Waals surface area contributed by atoms with Gasteiger partial charge in [-0.2, -0.15) is 0 Å². The lowest BCUT2D eigenvalue weighted by atomic mass is 10.1. The number of hydrogen-bond acceptors (Lipinski definition) is 4. The van der Waals surface area contributed by atoms with Crippen LogP contribution in [0, 0.1) is 13.8 Å². The predicted molar refractivity (Wildman–Crippen MR) is 152 cm³/mol. The van der Waals surface area contributed by atoms with Crippen molar-refractivity contribution < 1.29 is 18.0 Å². The number of halogens is 1. The molecule has 202 valence electrons. The van der Waals surface area contributed by atoms with E-state index in [-0.39, 0.29) is 23.4 Å². The van der Waals surface area contributed by atoms with Crippen molar-refractivity contribution in [3.05, 3.63) is 94.5 Å². The maximum atomic E-state index is 13.9. The Labute approximate surface area is 230 Å². The number of rotatable bonds is 10. The minimum Gasteiger partial charge on any atom is -0.352 e. The summed E-state index contributed by atoms with van der Waals surface area (Å²) >= 11 is 5.99. The zero-order chi connectivity index (χ0) is 28.0. The maximum absolute atomic E-state index is 13.9. The van der Waals surface area contributed by atoms with E-state index in [0.717, 1.165) is 21.0 Å². The largest absolute Gasteiger partial charge is 0.352 e. The highest BCUT2D eigenvalue weighted by atomic mass is 35.5. The van der Waals surface area contributed by atoms with Crippen LogP contribution in [0.4, 0.5) is 5.69 Å². The quantitative estimate of drug-likeness (QED) is 0.377. The number of nitrogens with zero attached hydrogens (tertiary/aromatic N) is 2. The topological polar surface area (TPSA) is 86.8 Å². The van der Waals surface area contributed by atoms with Crippen LogP contribution in [0.5, 0.6) is 0 Å². The Morgan fingerprint density at radius 3 is 2.11 bits per heavy atom. The van der Waals surface area contributed by atoms with Crippen LogP contribution in [0.15, 0.2) is 77.7 Å². The third-order valence-electron chi connectivity index (χ3n) is 6.25. The van der Waals surface area contributed by atoms with Gasteiger partial charge in [0, 0.05) is 17.6 Å². The summed E-state index contributed by atoms with van der Waals surface area (Å²) in [7, 11) is -4.14. The van der Waals surface area contributed by atoms with Crippen LogP contribution in [0.2, 0.25) is 5.02 Å². The fraction of sp³-hybridized carbons (Fsp3) is 0.310. The normalized spacial score (nSPS) is 12.2. The molecule has 0 heterocycles. The van der Waals surface area contributed by atoms with Gasteiger partial charge in [-0.1, -0.05) is 48.0 Å². The van der Waals surface area contributed by atoms with E-state index in [1.165, 1.54) is 29.2 Å². The molecular weight excluding hydrogens is 522 g/mol. The molecule has 7 nitrogen and oxygen atoms in total. The van der Waals surface area contributed by atoms with Crippen molar-refractivity contribution in [2.24, 2.45) is 0 Å². The molecule has 0 saturated heterocycles. The van der Waals surface area contributed by atoms with E-state index in [2.05, 4.69) is 5.32 Å². The molecule has 0 bridgehead atoms. The molecule has 3 rings (SSSR count). The van der Waals surface area contributed by atoms with Gasteiger partial charge in [-0.05, 0) is 87.7 Å². The van der Waals surface area contributed by atoms with Crippen LogP contribution >= 0.6 is 11.6 Å². The first-order valence-corrected chi connectivity index (χ1v) is 14.2. The SMILES string of the molecule is Cc1ccc(N(CC(=O)N(Cc2ccccc2)[C@H](C)C(=O)NC(C)C)S(=O)(=O)c2ccc(Cl)cc2)cc1C. The molecule has 1 atom stereocenters. The molecule has 0 fully saturated rings. The average molecular weight is 556 g/mol. The van der Waals surface area contributed by atoms with Gasteiger partial charge >= 0.3 is 0 Å². The number of hydrogen-bond donors (Lipinski definition) is 1. The second-order valence-electron chi connectivity index (χ2n) is 9.58. The van der Waals surface area contributed by atoms with E-state index in [1.54, 1.807) is 19.1 Å². The number of nitrogens with one attached hydrogen (secondary N) is 1. The lowest BCUT2D eigenvalue weighted by molar-refractivity contribution is -0.139. The van der Waals surface area contributed by atoms with Gasteiger partial charge in [-0.3, -0.25) is 13.9 Å². The van der Waals surface area contributed by atoms with Gasteiger partial charge < -0.3 is 10.2 Å². The Balaban J connectivity index is 2.04. The highest BCUT2D eigenvalue weighted by Crippen LogP contribution is 2.27. The Kier molecular flexibility index (Phi) is 9.57. The van der Waals surface area contributed by atoms with Crippen LogP contribution in [0.3, 0.4) is 0 Å². The summed E-state index contributed by atoms with van der Waals surface area (Å²) in [6.45, 7) is 8.80. The van der Waals surface area contributed by atoms with Crippen molar-refractivity contribution >= 4 is 39.1 Å². The third kappa shape index (κ3) is 7.14. The number of carbonyl (C=O) groups is 2. The molecule has 2 amide bonds. The van der Waals surface area contributed by atoms with E-state index in [0.29, 0.717) is 10.7 Å². The van der Waals surface area contributed by atoms with Gasteiger partial charge in [0.25, 0.3) is 10.0 Å². The summed E-state index contributed by atoms with van der Waals surface area (Å²) in [5.74, 6) is -0.821. The molecule has 0 aliphatic rings. The first-order valence-electron chi connectivity index (χ1n) is 12.4. The fourth-order valence-electron chi connectivity index (χ4n) is 3.91. The summed E-state index contributed by atoms with van der Waals surface area (Å²) < 4.78 is 28.8. The second-order valence-corrected chi connectivity index (χ2v) is 11.9. The summed E-state index contributed by atoms with van der Waals surface area (Å²) in [6.07, 6.45) is 0. The zero-order valence-electron chi connectivity index (χ0n) is 22.3. The zero-order valence-corrected chi connectivity index (χ0v) is 23.9. The number of benzene rings is 3. The highest BCUT2D eigenvalue weighted by Gasteiger charge is 2.32. The predicted octanol–water partition coefficient (Wildman–Crippen LogP) is 5.09. The molecule has 0 aromatic heterocycles. The Morgan fingerprint density at radius 2 is 1.53 bits per heavy atom. The molecule has 38 heavy (non-hydrogen) atoms. The molecule has 0 spiro atoms. The minimum atomic E-state index is -4.14. The van der Waals surface area contributed by atoms with Crippen molar-refractivity contribution in [3.8, 4) is 0 Å². The van der Waals surface area contributed by atoms with Gasteiger partial charge in [0.2, 0.25) is 11.8 Å². The molecule has 0 aliphatic heterocycles. The summed E-state index contributed by atoms with van der Waals surface area (Å²) in [5.41, 5.74) is 3.06. The summed E-state index contributed by atoms with van der Waals surface area (Å²) in [6, 6.07) is 19.4. The molecule has 3 aromatic rings. The number of anilines is 1. The van der Waals surface area contributed by atoms with E-state index < -0.39 is 28.5 Å². The van der Waals surface area contributed by atoms with Crippen LogP contribution in [-0.4, -0.2) is 43.8 Å². The molecule has 1 N–H and O–H groups in total. The third-order valence-corrected chi connectivity index (χ3v) is 8.29. The first-order chi connectivity index (χ1) is 17.9. The molecule has 0 aliphatic carbocycles. The minimum absolute atomic E-state index is 0.00753. The van der Waals surface area contributed by atoms with Gasteiger partial charge in [-0.15, -0.1) is 0 Å². The number of amides is 2. The smallest absolute Gasteiger partial charge is 0.264 e. The average Bonchev–Trinajstić information content (AvgIpc) is 2.87. The highest BCUT2D eigenvalue weighted by molar-refractivity contribution is 7.92. The van der Waals surface area contributed by atoms with Crippen molar-refractivity contribution in [1.82, 2.24) is 10.2 Å². The maximum Gasteiger partial charge on any atom is 0.264 e. The molecular formula is C29H34ClN3O4S. The van der Waals surface area contributed by atoms with E-state index in [9.17, 15) is 18.0 Å². The standard InChI is InChI=1S/C29H34ClN3O4S/c1-20(2)31-29(35)23(5)32(18-24-9-7-6-8-10-24)28(34)19-33(26-14-11-21(3)22(4)17-26)38(36,37)27-15-12-25(30)13-16-27/h6-17,20,23H,18-19H2,1-5H3,(H,31,35)/t23-/m1/s1. The monoisotopic (exact) mass is 555 g/mol. The van der Waals surface area contributed by atoms with E-state index >= 15 is 0 Å². The van der Waals surface area contributed by atoms with E-state index in [1.807, 2.05) is 64.1 Å². The first kappa shape index (κ1) is 29.2. The van der Waals surface area contributed by atoms with Gasteiger partial charge in [0.1, 0.15) is 12.6 Å². The summed E-state index contributed by atoms with van der Waals surface area (Å²) in [4.78, 5) is 28.2. The molecule has 9 heteroatoms. The number of carbonyl (C=O) groups excluding carboxylic acids is 2. The van der Waals surface area contributed by atoms with Gasteiger partial charge in [0.15, 0.2) is 0 Å². The van der Waals surface area contributed by atoms with Crippen molar-refractivity contribution in [3.63, 3.8) is 0 Å². The fourth-order valence-corrected chi connectivity index (χ4v) is 5.44. The summed E-state index contributed by atoms with van der Waals surface area (Å²) in [5, 5.41) is 3.25. The number of sulfonamides is 1. The molecule has 0 radical (unpaired) electrons. The van der Waals surface area contributed by atoms with Crippen LogP contribution < -0.4 is 9.62 Å². The van der Waals surface area contributed by atoms with Crippen molar-refractivity contribution in [2.75, 3.05) is 10.8 Å². The van der Waals surface area contributed by atoms with Gasteiger partial charge in [0.05, 0.1) is 10.6 Å². The lowest BCUT2D eigenvalue weighted by Crippen LogP contribution is -2.52. The Morgan fingerprint density at radius 1 is 0.895 bits per heavy atom. The Hall–Kier alpha value is -3.36. The van der Waals surface area contributed by atoms with Crippen molar-refractivity contribution in [2.45, 2.75) is 58.1 Å². The van der Waals surface area contributed by atoms with E-state index in [4.69, 9.17) is 11.6 Å². The van der Waals surface area contributed by atoms with Crippen LogP contribution in [0.1, 0.15) is 37.5 Å². The molecule has 0 saturated carbocycles. The van der Waals surface area contributed by atoms with Crippen LogP contribution in [0.25, 0.3) is 0 Å². The Bertz CT molecular complexity index is 1380. The second kappa shape index (κ2) is 12.5. The van der Waals surface area contributed by atoms with Crippen LogP contribution in [-0.2, 0) is 26.2 Å². The van der Waals surface area contributed by atoms with Gasteiger partial charge in [-0.25, -0.2) is 8.42 Å². The number of aryl methyl sites for hydroxylation is 2. The lowest BCUT2D eigenvalue weighted by Gasteiger charge is -2.32. The van der Waals surface area contributed by atoms with Crippen molar-refractivity contribution in [1.29, 1.82) is 0 Å². The molecule has 3 aromatic carbocycles.